The van der Waals surface area contributed by atoms with E-state index < -0.39 is 0 Å². The molecule has 1 heterocycles. The Kier molecular flexibility index (Phi) is 13.0. The van der Waals surface area contributed by atoms with Crippen LogP contribution >= 0.6 is 0 Å². The number of carbonyl (C=O) groups is 2. The summed E-state index contributed by atoms with van der Waals surface area (Å²) in [7, 11) is 0. The van der Waals surface area contributed by atoms with Crippen LogP contribution in [0.25, 0.3) is 0 Å². The van der Waals surface area contributed by atoms with Crippen LogP contribution < -0.4 is 0 Å². The first kappa shape index (κ1) is 25.7. The number of imide groups is 1. The minimum Gasteiger partial charge on any atom is -0.274 e. The fourth-order valence-corrected chi connectivity index (χ4v) is 4.02. The third kappa shape index (κ3) is 9.32. The summed E-state index contributed by atoms with van der Waals surface area (Å²) < 4.78 is 0. The largest absolute Gasteiger partial charge is 0.274 e. The third-order valence-electron chi connectivity index (χ3n) is 5.96. The normalized spacial score (nSPS) is 12.2. The van der Waals surface area contributed by atoms with E-state index in [0.29, 0.717) is 17.7 Å². The Morgan fingerprint density at radius 2 is 1.06 bits per heavy atom. The number of rotatable bonds is 15. The molecule has 3 nitrogen and oxygen atoms in total. The molecule has 0 unspecified atom stereocenters. The van der Waals surface area contributed by atoms with E-state index in [1.165, 1.54) is 62.7 Å². The molecular weight excluding hydrogens is 394 g/mol. The van der Waals surface area contributed by atoms with Crippen LogP contribution in [0.4, 0.5) is 0 Å². The number of hydrogen-bond acceptors (Lipinski definition) is 2. The molecule has 3 heteroatoms. The van der Waals surface area contributed by atoms with E-state index in [1.54, 1.807) is 12.1 Å². The van der Waals surface area contributed by atoms with Crippen molar-refractivity contribution in [1.82, 2.24) is 4.90 Å². The van der Waals surface area contributed by atoms with Gasteiger partial charge in [0.25, 0.3) is 11.8 Å². The number of amides is 2. The monoisotopic (exact) mass is 433 g/mol. The van der Waals surface area contributed by atoms with Crippen LogP contribution in [0.1, 0.15) is 124 Å². The highest BCUT2D eigenvalue weighted by atomic mass is 16.2. The number of hydrogen-bond donors (Lipinski definition) is 0. The molecule has 0 bridgehead atoms. The van der Waals surface area contributed by atoms with E-state index in [4.69, 9.17) is 0 Å². The van der Waals surface area contributed by atoms with Crippen LogP contribution in [0.15, 0.2) is 24.3 Å². The van der Waals surface area contributed by atoms with Crippen molar-refractivity contribution in [2.24, 2.45) is 0 Å². The highest BCUT2D eigenvalue weighted by Gasteiger charge is 2.34. The van der Waals surface area contributed by atoms with Gasteiger partial charge < -0.3 is 0 Å². The molecule has 1 aromatic rings. The minimum atomic E-state index is -0.140. The SMILES string of the molecule is CCCCCCCCC#CC#CCCCCCCCCCN1C(=O)c2ccccc2C1=O. The van der Waals surface area contributed by atoms with E-state index >= 15 is 0 Å². The maximum absolute atomic E-state index is 12.3. The summed E-state index contributed by atoms with van der Waals surface area (Å²) in [5, 5.41) is 0. The summed E-state index contributed by atoms with van der Waals surface area (Å²) in [4.78, 5) is 26.0. The first-order valence-electron chi connectivity index (χ1n) is 12.7. The van der Waals surface area contributed by atoms with E-state index in [2.05, 4.69) is 30.6 Å². The van der Waals surface area contributed by atoms with Crippen LogP contribution in [0.3, 0.4) is 0 Å². The van der Waals surface area contributed by atoms with Crippen molar-refractivity contribution in [1.29, 1.82) is 0 Å². The molecule has 0 aliphatic carbocycles. The average Bonchev–Trinajstić information content (AvgIpc) is 3.05. The lowest BCUT2D eigenvalue weighted by Gasteiger charge is -2.13. The van der Waals surface area contributed by atoms with Gasteiger partial charge in [0.15, 0.2) is 0 Å². The minimum absolute atomic E-state index is 0.140. The number of unbranched alkanes of at least 4 members (excludes halogenated alkanes) is 13. The fourth-order valence-electron chi connectivity index (χ4n) is 4.02. The van der Waals surface area contributed by atoms with Crippen LogP contribution in [-0.4, -0.2) is 23.3 Å². The molecule has 2 rings (SSSR count). The van der Waals surface area contributed by atoms with Crippen molar-refractivity contribution in [2.45, 2.75) is 103 Å². The number of nitrogens with zero attached hydrogens (tertiary/aromatic N) is 1. The summed E-state index contributed by atoms with van der Waals surface area (Å²) in [6.07, 6.45) is 17.6. The first-order valence-corrected chi connectivity index (χ1v) is 12.7. The highest BCUT2D eigenvalue weighted by Crippen LogP contribution is 2.23. The second-order valence-corrected chi connectivity index (χ2v) is 8.65. The van der Waals surface area contributed by atoms with Gasteiger partial charge in [0.05, 0.1) is 11.1 Å². The molecule has 0 spiro atoms. The Labute approximate surface area is 195 Å². The van der Waals surface area contributed by atoms with Gasteiger partial charge >= 0.3 is 0 Å². The van der Waals surface area contributed by atoms with Gasteiger partial charge in [-0.15, -0.1) is 0 Å². The molecule has 0 fully saturated rings. The van der Waals surface area contributed by atoms with E-state index in [-0.39, 0.29) is 11.8 Å². The molecule has 0 saturated carbocycles. The van der Waals surface area contributed by atoms with Crippen LogP contribution in [0.5, 0.6) is 0 Å². The molecule has 0 saturated heterocycles. The summed E-state index contributed by atoms with van der Waals surface area (Å²) in [5.41, 5.74) is 1.09. The molecule has 1 aromatic carbocycles. The summed E-state index contributed by atoms with van der Waals surface area (Å²) >= 11 is 0. The van der Waals surface area contributed by atoms with Crippen molar-refractivity contribution in [3.8, 4) is 23.7 Å². The predicted molar refractivity (Wildman–Crippen MR) is 132 cm³/mol. The molecular formula is C29H39NO2. The van der Waals surface area contributed by atoms with Crippen molar-refractivity contribution < 1.29 is 9.59 Å². The van der Waals surface area contributed by atoms with Gasteiger partial charge in [0.2, 0.25) is 0 Å². The third-order valence-corrected chi connectivity index (χ3v) is 5.96. The van der Waals surface area contributed by atoms with Gasteiger partial charge in [-0.2, -0.15) is 0 Å². The molecule has 2 amide bonds. The Hall–Kier alpha value is -2.52. The smallest absolute Gasteiger partial charge is 0.261 e. The average molecular weight is 434 g/mol. The molecule has 172 valence electrons. The van der Waals surface area contributed by atoms with Crippen molar-refractivity contribution in [2.75, 3.05) is 6.54 Å². The van der Waals surface area contributed by atoms with Crippen molar-refractivity contribution in [3.05, 3.63) is 35.4 Å². The highest BCUT2D eigenvalue weighted by molar-refractivity contribution is 6.21. The Bertz CT molecular complexity index is 799. The quantitative estimate of drug-likeness (QED) is 0.167. The van der Waals surface area contributed by atoms with E-state index in [9.17, 15) is 9.59 Å². The maximum atomic E-state index is 12.3. The van der Waals surface area contributed by atoms with Crippen LogP contribution in [0, 0.1) is 23.7 Å². The standard InChI is InChI=1S/C29H39NO2/c1-2-3-4-5-6-7-8-9-10-11-12-13-14-15-16-17-18-19-22-25-30-28(31)26-23-20-21-24-27(26)29(30)32/h20-21,23-24H,2-8,13-19,22,25H2,1H3. The predicted octanol–water partition coefficient (Wildman–Crippen LogP) is 7.16. The second-order valence-electron chi connectivity index (χ2n) is 8.65. The van der Waals surface area contributed by atoms with Gasteiger partial charge in [0.1, 0.15) is 0 Å². The van der Waals surface area contributed by atoms with Gasteiger partial charge in [-0.1, -0.05) is 95.1 Å². The summed E-state index contributed by atoms with van der Waals surface area (Å²) in [6, 6.07) is 7.10. The first-order chi connectivity index (χ1) is 15.8. The van der Waals surface area contributed by atoms with Crippen molar-refractivity contribution >= 4 is 11.8 Å². The summed E-state index contributed by atoms with van der Waals surface area (Å²) in [5.74, 6) is 12.0. The Balaban J connectivity index is 1.40. The molecule has 0 N–H and O–H groups in total. The lowest BCUT2D eigenvalue weighted by atomic mass is 10.1. The number of benzene rings is 1. The van der Waals surface area contributed by atoms with E-state index in [0.717, 1.165) is 38.5 Å². The molecule has 1 aliphatic heterocycles. The van der Waals surface area contributed by atoms with Gasteiger partial charge in [-0.05, 0) is 43.2 Å². The second kappa shape index (κ2) is 16.2. The zero-order chi connectivity index (χ0) is 22.9. The maximum Gasteiger partial charge on any atom is 0.261 e. The molecule has 0 radical (unpaired) electrons. The van der Waals surface area contributed by atoms with Crippen molar-refractivity contribution in [3.63, 3.8) is 0 Å². The molecule has 32 heavy (non-hydrogen) atoms. The zero-order valence-electron chi connectivity index (χ0n) is 19.9. The summed E-state index contributed by atoms with van der Waals surface area (Å²) in [6.45, 7) is 2.78. The van der Waals surface area contributed by atoms with E-state index in [1.807, 2.05) is 12.1 Å². The Morgan fingerprint density at radius 3 is 1.56 bits per heavy atom. The van der Waals surface area contributed by atoms with Crippen LogP contribution in [-0.2, 0) is 0 Å². The number of fused-ring (bicyclic) bond motifs is 1. The van der Waals surface area contributed by atoms with Gasteiger partial charge in [-0.3, -0.25) is 14.5 Å². The zero-order valence-corrected chi connectivity index (χ0v) is 19.9. The number of carbonyl (C=O) groups excluding carboxylic acids is 2. The van der Waals surface area contributed by atoms with Crippen LogP contribution in [0.2, 0.25) is 0 Å². The lowest BCUT2D eigenvalue weighted by molar-refractivity contribution is 0.0651. The molecule has 0 aromatic heterocycles. The topological polar surface area (TPSA) is 37.4 Å². The van der Waals surface area contributed by atoms with Gasteiger partial charge in [0, 0.05) is 19.4 Å². The fraction of sp³-hybridized carbons (Fsp3) is 0.586. The molecule has 0 atom stereocenters. The molecule has 1 aliphatic rings. The lowest BCUT2D eigenvalue weighted by Crippen LogP contribution is -2.30. The Morgan fingerprint density at radius 1 is 0.625 bits per heavy atom. The van der Waals surface area contributed by atoms with Gasteiger partial charge in [-0.25, -0.2) is 0 Å².